The van der Waals surface area contributed by atoms with Crippen molar-refractivity contribution in [3.8, 4) is 6.07 Å². The molecule has 0 bridgehead atoms. The van der Waals surface area contributed by atoms with E-state index < -0.39 is 0 Å². The monoisotopic (exact) mass is 280 g/mol. The van der Waals surface area contributed by atoms with Crippen molar-refractivity contribution in [1.82, 2.24) is 4.90 Å². The van der Waals surface area contributed by atoms with Gasteiger partial charge in [-0.25, -0.2) is 4.39 Å². The molecule has 1 aliphatic heterocycles. The second-order valence-electron chi connectivity index (χ2n) is 5.18. The fourth-order valence-corrected chi connectivity index (χ4v) is 2.91. The summed E-state index contributed by atoms with van der Waals surface area (Å²) in [6.45, 7) is 3.30. The fraction of sp³-hybridized carbons (Fsp3) is 0.533. The van der Waals surface area contributed by atoms with Crippen LogP contribution in [0.5, 0.6) is 0 Å². The Morgan fingerprint density at radius 2 is 2.26 bits per heavy atom. The Morgan fingerprint density at radius 1 is 1.47 bits per heavy atom. The second kappa shape index (κ2) is 6.36. The van der Waals surface area contributed by atoms with Gasteiger partial charge in [-0.15, -0.1) is 0 Å². The summed E-state index contributed by atoms with van der Waals surface area (Å²) in [4.78, 5) is 2.25. The summed E-state index contributed by atoms with van der Waals surface area (Å²) in [5.74, 6) is -0.215. The third kappa shape index (κ3) is 3.46. The van der Waals surface area contributed by atoms with Crippen molar-refractivity contribution in [3.63, 3.8) is 0 Å². The van der Waals surface area contributed by atoms with Crippen LogP contribution in [-0.4, -0.2) is 17.5 Å². The molecule has 1 saturated heterocycles. The van der Waals surface area contributed by atoms with E-state index in [1.54, 1.807) is 13.0 Å². The Bertz CT molecular complexity index is 496. The molecule has 0 aliphatic carbocycles. The molecule has 0 aromatic heterocycles. The summed E-state index contributed by atoms with van der Waals surface area (Å²) in [5.41, 5.74) is 1.38. The lowest BCUT2D eigenvalue weighted by Gasteiger charge is -2.34. The van der Waals surface area contributed by atoms with Gasteiger partial charge in [0.2, 0.25) is 0 Å². The van der Waals surface area contributed by atoms with Crippen LogP contribution in [0.2, 0.25) is 5.02 Å². The van der Waals surface area contributed by atoms with Gasteiger partial charge in [-0.05, 0) is 49.6 Å². The van der Waals surface area contributed by atoms with E-state index >= 15 is 0 Å². The van der Waals surface area contributed by atoms with Crippen molar-refractivity contribution < 1.29 is 4.39 Å². The van der Waals surface area contributed by atoms with E-state index in [-0.39, 0.29) is 11.9 Å². The average molecular weight is 281 g/mol. The first-order valence-electron chi connectivity index (χ1n) is 6.67. The summed E-state index contributed by atoms with van der Waals surface area (Å²) in [5, 5.41) is 9.49. The topological polar surface area (TPSA) is 27.0 Å². The summed E-state index contributed by atoms with van der Waals surface area (Å²) in [6.07, 6.45) is 3.87. The van der Waals surface area contributed by atoms with Gasteiger partial charge in [-0.2, -0.15) is 5.26 Å². The smallest absolute Gasteiger partial charge is 0.126 e. The van der Waals surface area contributed by atoms with Crippen LogP contribution in [0, 0.1) is 24.1 Å². The highest BCUT2D eigenvalue weighted by Gasteiger charge is 2.23. The first kappa shape index (κ1) is 14.3. The van der Waals surface area contributed by atoms with Crippen LogP contribution in [0.25, 0.3) is 0 Å². The number of benzene rings is 1. The van der Waals surface area contributed by atoms with Gasteiger partial charge in [0.25, 0.3) is 0 Å². The Balaban J connectivity index is 2.15. The molecule has 0 radical (unpaired) electrons. The van der Waals surface area contributed by atoms with Crippen molar-refractivity contribution in [2.24, 2.45) is 0 Å². The van der Waals surface area contributed by atoms with Gasteiger partial charge in [-0.3, -0.25) is 4.90 Å². The Hall–Kier alpha value is -1.11. The zero-order valence-corrected chi connectivity index (χ0v) is 11.9. The Kier molecular flexibility index (Phi) is 4.79. The maximum Gasteiger partial charge on any atom is 0.126 e. The molecule has 2 nitrogen and oxygen atoms in total. The predicted octanol–water partition coefficient (Wildman–Crippen LogP) is 4.06. The van der Waals surface area contributed by atoms with E-state index in [1.165, 1.54) is 12.5 Å². The van der Waals surface area contributed by atoms with E-state index in [4.69, 9.17) is 16.9 Å². The molecule has 1 unspecified atom stereocenters. The minimum absolute atomic E-state index is 0.215. The minimum Gasteiger partial charge on any atom is -0.295 e. The normalized spacial score (nSPS) is 20.2. The van der Waals surface area contributed by atoms with Crippen molar-refractivity contribution in [2.75, 3.05) is 6.54 Å². The van der Waals surface area contributed by atoms with E-state index in [9.17, 15) is 4.39 Å². The largest absolute Gasteiger partial charge is 0.295 e. The molecule has 1 aromatic carbocycles. The molecule has 2 rings (SSSR count). The quantitative estimate of drug-likeness (QED) is 0.835. The molecule has 1 aromatic rings. The van der Waals surface area contributed by atoms with Gasteiger partial charge in [0, 0.05) is 17.6 Å². The third-order valence-corrected chi connectivity index (χ3v) is 4.13. The van der Waals surface area contributed by atoms with Crippen molar-refractivity contribution >= 4 is 11.6 Å². The zero-order valence-electron chi connectivity index (χ0n) is 11.1. The Morgan fingerprint density at radius 3 is 3.00 bits per heavy atom. The number of nitriles is 1. The number of hydrogen-bond acceptors (Lipinski definition) is 2. The van der Waals surface area contributed by atoms with Gasteiger partial charge in [0.15, 0.2) is 0 Å². The van der Waals surface area contributed by atoms with Crippen molar-refractivity contribution in [1.29, 1.82) is 5.26 Å². The van der Waals surface area contributed by atoms with Gasteiger partial charge < -0.3 is 0 Å². The molecular weight excluding hydrogens is 263 g/mol. The summed E-state index contributed by atoms with van der Waals surface area (Å²) in [7, 11) is 0. The summed E-state index contributed by atoms with van der Waals surface area (Å²) >= 11 is 6.19. The highest BCUT2D eigenvalue weighted by atomic mass is 35.5. The standard InChI is InChI=1S/C15H18ClFN2/c1-11-8-14(16)12(9-15(11)17)10-19-7-3-2-4-13(19)5-6-18/h8-9,13H,2-5,7,10H2,1H3. The summed E-state index contributed by atoms with van der Waals surface area (Å²) in [6, 6.07) is 5.72. The molecule has 0 amide bonds. The van der Waals surface area contributed by atoms with Crippen LogP contribution in [0.3, 0.4) is 0 Å². The van der Waals surface area contributed by atoms with Gasteiger partial charge in [0.05, 0.1) is 12.5 Å². The molecule has 1 heterocycles. The molecule has 102 valence electrons. The van der Waals surface area contributed by atoms with Crippen LogP contribution in [0.4, 0.5) is 4.39 Å². The highest BCUT2D eigenvalue weighted by Crippen LogP contribution is 2.26. The maximum atomic E-state index is 13.6. The van der Waals surface area contributed by atoms with E-state index in [2.05, 4.69) is 11.0 Å². The van der Waals surface area contributed by atoms with Gasteiger partial charge in [-0.1, -0.05) is 18.0 Å². The maximum absolute atomic E-state index is 13.6. The Labute approximate surface area is 118 Å². The number of nitrogens with zero attached hydrogens (tertiary/aromatic N) is 2. The molecule has 0 spiro atoms. The molecule has 0 N–H and O–H groups in total. The van der Waals surface area contributed by atoms with Crippen molar-refractivity contribution in [2.45, 2.75) is 45.2 Å². The van der Waals surface area contributed by atoms with Crippen LogP contribution in [0.15, 0.2) is 12.1 Å². The second-order valence-corrected chi connectivity index (χ2v) is 5.58. The number of piperidine rings is 1. The van der Waals surface area contributed by atoms with E-state index in [0.717, 1.165) is 24.9 Å². The van der Waals surface area contributed by atoms with Gasteiger partial charge >= 0.3 is 0 Å². The molecule has 4 heteroatoms. The lowest BCUT2D eigenvalue weighted by atomic mass is 9.99. The first-order chi connectivity index (χ1) is 9.11. The van der Waals surface area contributed by atoms with Crippen LogP contribution >= 0.6 is 11.6 Å². The summed E-state index contributed by atoms with van der Waals surface area (Å²) < 4.78 is 13.6. The van der Waals surface area contributed by atoms with Crippen molar-refractivity contribution in [3.05, 3.63) is 34.1 Å². The van der Waals surface area contributed by atoms with Crippen LogP contribution in [-0.2, 0) is 6.54 Å². The molecule has 19 heavy (non-hydrogen) atoms. The third-order valence-electron chi connectivity index (χ3n) is 3.78. The number of aryl methyl sites for hydroxylation is 1. The molecule has 1 aliphatic rings. The van der Waals surface area contributed by atoms with E-state index in [1.807, 2.05) is 0 Å². The van der Waals surface area contributed by atoms with Gasteiger partial charge in [0.1, 0.15) is 5.82 Å². The molecule has 1 atom stereocenters. The predicted molar refractivity (Wildman–Crippen MR) is 74.4 cm³/mol. The number of halogens is 2. The lowest BCUT2D eigenvalue weighted by Crippen LogP contribution is -2.38. The first-order valence-corrected chi connectivity index (χ1v) is 7.05. The lowest BCUT2D eigenvalue weighted by molar-refractivity contribution is 0.142. The number of rotatable bonds is 3. The average Bonchev–Trinajstić information content (AvgIpc) is 2.38. The number of likely N-dealkylation sites (tertiary alicyclic amines) is 1. The molecular formula is C15H18ClFN2. The fourth-order valence-electron chi connectivity index (χ4n) is 2.63. The van der Waals surface area contributed by atoms with E-state index in [0.29, 0.717) is 23.6 Å². The highest BCUT2D eigenvalue weighted by molar-refractivity contribution is 6.31. The zero-order chi connectivity index (χ0) is 13.8. The number of hydrogen-bond donors (Lipinski definition) is 0. The van der Waals surface area contributed by atoms with Crippen LogP contribution < -0.4 is 0 Å². The SMILES string of the molecule is Cc1cc(Cl)c(CN2CCCCC2CC#N)cc1F. The molecule has 0 saturated carbocycles. The van der Waals surface area contributed by atoms with Crippen LogP contribution in [0.1, 0.15) is 36.8 Å². The molecule has 1 fully saturated rings. The minimum atomic E-state index is -0.215.